The van der Waals surface area contributed by atoms with Crippen LogP contribution in [0.3, 0.4) is 0 Å². The fraction of sp³-hybridized carbons (Fsp3) is 0.154. The summed E-state index contributed by atoms with van der Waals surface area (Å²) in [6, 6.07) is 15.0. The Kier molecular flexibility index (Phi) is 8.95. The number of ether oxygens (including phenoxy) is 1. The Morgan fingerprint density at radius 2 is 1.89 bits per heavy atom. The van der Waals surface area contributed by atoms with E-state index in [0.29, 0.717) is 22.5 Å². The number of hydrogen-bond acceptors (Lipinski definition) is 5. The van der Waals surface area contributed by atoms with Gasteiger partial charge >= 0.3 is 0 Å². The van der Waals surface area contributed by atoms with Gasteiger partial charge in [-0.15, -0.1) is 0 Å². The van der Waals surface area contributed by atoms with E-state index in [0.717, 1.165) is 17.2 Å². The van der Waals surface area contributed by atoms with Crippen molar-refractivity contribution in [1.29, 1.82) is 0 Å². The van der Waals surface area contributed by atoms with Gasteiger partial charge in [-0.25, -0.2) is 9.37 Å². The summed E-state index contributed by atoms with van der Waals surface area (Å²) in [4.78, 5) is 30.1. The molecule has 1 N–H and O–H groups in total. The summed E-state index contributed by atoms with van der Waals surface area (Å²) in [5.74, 6) is 0.0704. The van der Waals surface area contributed by atoms with Crippen LogP contribution in [0.15, 0.2) is 69.0 Å². The number of carbonyl (C=O) groups excluding carboxylic acids is 1. The van der Waals surface area contributed by atoms with Gasteiger partial charge in [0, 0.05) is 10.4 Å². The molecule has 0 saturated carbocycles. The van der Waals surface area contributed by atoms with Gasteiger partial charge < -0.3 is 10.1 Å². The molecule has 0 aliphatic carbocycles. The van der Waals surface area contributed by atoms with Crippen molar-refractivity contribution in [2.24, 2.45) is 5.10 Å². The van der Waals surface area contributed by atoms with Gasteiger partial charge in [0.05, 0.1) is 29.9 Å². The van der Waals surface area contributed by atoms with Crippen LogP contribution >= 0.6 is 61.1 Å². The molecule has 0 unspecified atom stereocenters. The second-order valence-corrected chi connectivity index (χ2v) is 11.5. The third kappa shape index (κ3) is 6.55. The largest absolute Gasteiger partial charge is 0.482 e. The van der Waals surface area contributed by atoms with Crippen molar-refractivity contribution in [3.8, 4) is 5.75 Å². The van der Waals surface area contributed by atoms with Crippen LogP contribution in [-0.2, 0) is 4.79 Å². The second-order valence-electron chi connectivity index (χ2n) is 8.28. The zero-order valence-electron chi connectivity index (χ0n) is 19.6. The Morgan fingerprint density at radius 3 is 2.57 bits per heavy atom. The van der Waals surface area contributed by atoms with Crippen molar-refractivity contribution in [1.82, 2.24) is 9.66 Å². The zero-order valence-corrected chi connectivity index (χ0v) is 25.5. The molecular formula is C26H20BrFI2N4O3. The number of carbonyl (C=O) groups is 1. The molecule has 4 aromatic rings. The number of halogens is 4. The van der Waals surface area contributed by atoms with E-state index in [1.165, 1.54) is 16.8 Å². The third-order valence-corrected chi connectivity index (χ3v) is 7.28. The minimum Gasteiger partial charge on any atom is -0.482 e. The van der Waals surface area contributed by atoms with Gasteiger partial charge in [-0.05, 0) is 93.2 Å². The lowest BCUT2D eigenvalue weighted by atomic mass is 10.2. The number of nitrogens with zero attached hydrogens (tertiary/aromatic N) is 3. The second kappa shape index (κ2) is 12.0. The average Bonchev–Trinajstić information content (AvgIpc) is 2.84. The van der Waals surface area contributed by atoms with E-state index in [1.807, 2.05) is 32.0 Å². The van der Waals surface area contributed by atoms with Crippen LogP contribution in [0.25, 0.3) is 10.9 Å². The van der Waals surface area contributed by atoms with E-state index in [9.17, 15) is 14.0 Å². The topological polar surface area (TPSA) is 85.6 Å². The number of aromatic nitrogens is 2. The Hall–Kier alpha value is -2.39. The Bertz CT molecular complexity index is 1570. The van der Waals surface area contributed by atoms with E-state index in [-0.39, 0.29) is 23.8 Å². The number of nitrogens with one attached hydrogen (secondary N) is 1. The van der Waals surface area contributed by atoms with E-state index in [1.54, 1.807) is 30.5 Å². The van der Waals surface area contributed by atoms with Crippen molar-refractivity contribution >= 4 is 89.8 Å². The van der Waals surface area contributed by atoms with Crippen LogP contribution in [0.1, 0.15) is 31.2 Å². The molecule has 0 saturated heterocycles. The fourth-order valence-corrected chi connectivity index (χ4v) is 5.94. The number of anilines is 1. The highest BCUT2D eigenvalue weighted by atomic mass is 127. The van der Waals surface area contributed by atoms with Crippen LogP contribution in [0.4, 0.5) is 10.1 Å². The molecule has 0 radical (unpaired) electrons. The average molecular weight is 789 g/mol. The van der Waals surface area contributed by atoms with Crippen LogP contribution in [0, 0.1) is 13.0 Å². The minimum absolute atomic E-state index is 0.0237. The van der Waals surface area contributed by atoms with Crippen molar-refractivity contribution in [2.45, 2.75) is 19.8 Å². The minimum atomic E-state index is -0.516. The maximum absolute atomic E-state index is 13.8. The lowest BCUT2D eigenvalue weighted by molar-refractivity contribution is -0.118. The molecule has 0 spiro atoms. The number of amides is 1. The summed E-state index contributed by atoms with van der Waals surface area (Å²) in [7, 11) is 0. The molecule has 3 aromatic carbocycles. The van der Waals surface area contributed by atoms with E-state index < -0.39 is 11.7 Å². The quantitative estimate of drug-likeness (QED) is 0.171. The number of benzene rings is 3. The summed E-state index contributed by atoms with van der Waals surface area (Å²) in [5, 5.41) is 7.44. The molecule has 11 heteroatoms. The van der Waals surface area contributed by atoms with Crippen LogP contribution < -0.4 is 15.6 Å². The van der Waals surface area contributed by atoms with Crippen LogP contribution in [0.2, 0.25) is 0 Å². The molecule has 1 aromatic heterocycles. The van der Waals surface area contributed by atoms with E-state index in [4.69, 9.17) is 4.74 Å². The first-order valence-corrected chi connectivity index (χ1v) is 14.0. The normalized spacial score (nSPS) is 11.4. The van der Waals surface area contributed by atoms with Gasteiger partial charge in [-0.3, -0.25) is 9.59 Å². The predicted octanol–water partition coefficient (Wildman–Crippen LogP) is 6.53. The molecule has 0 aliphatic rings. The number of rotatable bonds is 7. The van der Waals surface area contributed by atoms with Gasteiger partial charge in [-0.1, -0.05) is 41.9 Å². The summed E-state index contributed by atoms with van der Waals surface area (Å²) >= 11 is 7.63. The molecule has 4 rings (SSSR count). The predicted molar refractivity (Wildman–Crippen MR) is 163 cm³/mol. The van der Waals surface area contributed by atoms with Gasteiger partial charge in [0.1, 0.15) is 17.4 Å². The molecular weight excluding hydrogens is 769 g/mol. The summed E-state index contributed by atoms with van der Waals surface area (Å²) in [6.07, 6.45) is 1.60. The molecule has 190 valence electrons. The molecule has 0 aliphatic heterocycles. The van der Waals surface area contributed by atoms with Crippen molar-refractivity contribution in [3.63, 3.8) is 0 Å². The lowest BCUT2D eigenvalue weighted by Gasteiger charge is -2.13. The van der Waals surface area contributed by atoms with Gasteiger partial charge in [-0.2, -0.15) is 9.78 Å². The Balaban J connectivity index is 1.56. The molecule has 37 heavy (non-hydrogen) atoms. The van der Waals surface area contributed by atoms with Gasteiger partial charge in [0.25, 0.3) is 11.5 Å². The monoisotopic (exact) mass is 788 g/mol. The van der Waals surface area contributed by atoms with Crippen molar-refractivity contribution < 1.29 is 13.9 Å². The van der Waals surface area contributed by atoms with Crippen LogP contribution in [-0.4, -0.2) is 28.4 Å². The van der Waals surface area contributed by atoms with Gasteiger partial charge in [0.2, 0.25) is 0 Å². The van der Waals surface area contributed by atoms with Gasteiger partial charge in [0.15, 0.2) is 6.61 Å². The smallest absolute Gasteiger partial charge is 0.282 e. The SMILES string of the molecule is CC(C)c1nc2ccc(Br)cc2c(=O)n1N=Cc1cc(I)c(OCC(=O)Nc2ccccc2F)c(I)c1. The highest BCUT2D eigenvalue weighted by Crippen LogP contribution is 2.29. The maximum atomic E-state index is 13.8. The maximum Gasteiger partial charge on any atom is 0.282 e. The number of para-hydroxylation sites is 1. The Labute approximate surface area is 247 Å². The standard InChI is InChI=1S/C26H20BrFI2N4O3/c1-14(2)25-33-21-8-7-16(27)11-17(21)26(36)34(25)31-12-15-9-19(29)24(20(30)10-15)37-13-23(35)32-22-6-4-3-5-18(22)28/h3-12,14H,13H2,1-2H3,(H,32,35). The zero-order chi connectivity index (χ0) is 26.7. The molecule has 7 nitrogen and oxygen atoms in total. The molecule has 1 amide bonds. The third-order valence-electron chi connectivity index (χ3n) is 5.19. The molecule has 0 fully saturated rings. The Morgan fingerprint density at radius 1 is 1.19 bits per heavy atom. The summed E-state index contributed by atoms with van der Waals surface area (Å²) < 4.78 is 23.1. The van der Waals surface area contributed by atoms with E-state index in [2.05, 4.69) is 76.5 Å². The highest BCUT2D eigenvalue weighted by Gasteiger charge is 2.15. The number of hydrogen-bond donors (Lipinski definition) is 1. The molecule has 0 bridgehead atoms. The fourth-order valence-electron chi connectivity index (χ4n) is 3.45. The highest BCUT2D eigenvalue weighted by molar-refractivity contribution is 14.1. The first-order valence-electron chi connectivity index (χ1n) is 11.1. The van der Waals surface area contributed by atoms with Crippen molar-refractivity contribution in [3.05, 3.63) is 93.8 Å². The number of fused-ring (bicyclic) bond motifs is 1. The first kappa shape index (κ1) is 27.6. The first-order chi connectivity index (χ1) is 17.6. The summed E-state index contributed by atoms with van der Waals surface area (Å²) in [5.41, 5.74) is 1.20. The summed E-state index contributed by atoms with van der Waals surface area (Å²) in [6.45, 7) is 3.64. The lowest BCUT2D eigenvalue weighted by Crippen LogP contribution is -2.23. The molecule has 0 atom stereocenters. The van der Waals surface area contributed by atoms with Crippen molar-refractivity contribution in [2.75, 3.05) is 11.9 Å². The van der Waals surface area contributed by atoms with Crippen LogP contribution in [0.5, 0.6) is 5.75 Å². The van der Waals surface area contributed by atoms with E-state index >= 15 is 0 Å². The molecule has 1 heterocycles.